The second-order valence-electron chi connectivity index (χ2n) is 12.9. The van der Waals surface area contributed by atoms with Crippen LogP contribution in [0, 0.1) is 0 Å². The number of carbonyl (C=O) groups excluding carboxylic acids is 4. The molecular formula is C34H42ClNO13. The molecule has 1 aliphatic heterocycles. The summed E-state index contributed by atoms with van der Waals surface area (Å²) in [6.45, 7) is 12.7. The van der Waals surface area contributed by atoms with Gasteiger partial charge in [-0.25, -0.2) is 24.0 Å². The molecule has 0 spiro atoms. The highest BCUT2D eigenvalue weighted by Crippen LogP contribution is 2.41. The average molecular weight is 708 g/mol. The minimum absolute atomic E-state index is 0.144. The minimum atomic E-state index is -3.12. The van der Waals surface area contributed by atoms with E-state index in [0.29, 0.717) is 16.1 Å². The highest BCUT2D eigenvalue weighted by molar-refractivity contribution is 6.30. The lowest BCUT2D eigenvalue weighted by molar-refractivity contribution is -0.209. The number of aliphatic hydroxyl groups excluding tert-OH is 1. The van der Waals surface area contributed by atoms with Crippen LogP contribution in [0.25, 0.3) is 0 Å². The van der Waals surface area contributed by atoms with Gasteiger partial charge in [-0.15, -0.1) is 0 Å². The molecule has 15 heteroatoms. The van der Waals surface area contributed by atoms with Gasteiger partial charge in [-0.05, 0) is 97.2 Å². The van der Waals surface area contributed by atoms with Crippen LogP contribution in [-0.4, -0.2) is 87.4 Å². The monoisotopic (exact) mass is 707 g/mol. The van der Waals surface area contributed by atoms with E-state index in [4.69, 9.17) is 40.0 Å². The number of esters is 3. The third kappa shape index (κ3) is 10.2. The third-order valence-electron chi connectivity index (χ3n) is 6.72. The van der Waals surface area contributed by atoms with Crippen molar-refractivity contribution < 1.29 is 62.6 Å². The standard InChI is InChI=1S/C34H42ClNO13/c1-18(2)44-28(38)27(29(39)45-19(3)4)46-31(42)34(30(40)41)47-25-13-12-21(15-26(25)48-34)14-20(5)36(32(43)49-33(6,7)8)17-24(37)22-10-9-11-23(35)16-22/h9-13,15-16,18-20,24,27,37H,14,17H2,1-8H3,(H,40,41). The van der Waals surface area contributed by atoms with E-state index >= 15 is 0 Å². The van der Waals surface area contributed by atoms with Crippen LogP contribution in [0.2, 0.25) is 5.02 Å². The highest BCUT2D eigenvalue weighted by Gasteiger charge is 2.60. The Balaban J connectivity index is 1.85. The van der Waals surface area contributed by atoms with Crippen LogP contribution in [0.15, 0.2) is 42.5 Å². The number of hydrogen-bond acceptors (Lipinski definition) is 12. The number of halogens is 1. The summed E-state index contributed by atoms with van der Waals surface area (Å²) in [5.74, 6) is -9.65. The fourth-order valence-corrected chi connectivity index (χ4v) is 4.81. The molecule has 3 unspecified atom stereocenters. The molecule has 1 amide bonds. The number of carbonyl (C=O) groups is 5. The maximum absolute atomic E-state index is 13.3. The molecule has 0 saturated carbocycles. The van der Waals surface area contributed by atoms with Crippen LogP contribution < -0.4 is 9.47 Å². The Bertz CT molecular complexity index is 1530. The summed E-state index contributed by atoms with van der Waals surface area (Å²) in [6, 6.07) is 10.3. The normalized spacial score (nSPS) is 16.6. The number of aliphatic carboxylic acids is 1. The molecule has 3 atom stereocenters. The van der Waals surface area contributed by atoms with Crippen molar-refractivity contribution in [2.75, 3.05) is 6.54 Å². The first-order valence-corrected chi connectivity index (χ1v) is 15.9. The Hall–Kier alpha value is -4.56. The molecular weight excluding hydrogens is 666 g/mol. The number of nitrogens with zero attached hydrogens (tertiary/aromatic N) is 1. The topological polar surface area (TPSA) is 184 Å². The Morgan fingerprint density at radius 1 is 0.878 bits per heavy atom. The molecule has 2 N–H and O–H groups in total. The Kier molecular flexibility index (Phi) is 12.5. The molecule has 0 aromatic heterocycles. The summed E-state index contributed by atoms with van der Waals surface area (Å²) >= 11 is 6.09. The molecule has 0 fully saturated rings. The third-order valence-corrected chi connectivity index (χ3v) is 6.95. The number of benzene rings is 2. The SMILES string of the molecule is CC(C)OC(=O)C(OC(=O)C1(C(=O)O)Oc2ccc(CC(C)N(CC(O)c3cccc(Cl)c3)C(=O)OC(C)(C)C)cc2O1)C(=O)OC(C)C. The van der Waals surface area contributed by atoms with Gasteiger partial charge in [-0.1, -0.05) is 29.8 Å². The number of amides is 1. The van der Waals surface area contributed by atoms with Crippen molar-refractivity contribution in [2.24, 2.45) is 0 Å². The number of fused-ring (bicyclic) bond motifs is 1. The lowest BCUT2D eigenvalue weighted by Gasteiger charge is -2.33. The molecule has 0 radical (unpaired) electrons. The van der Waals surface area contributed by atoms with Crippen molar-refractivity contribution >= 4 is 41.6 Å². The van der Waals surface area contributed by atoms with Gasteiger partial charge in [0.25, 0.3) is 6.10 Å². The van der Waals surface area contributed by atoms with Crippen molar-refractivity contribution in [1.82, 2.24) is 4.90 Å². The molecule has 1 heterocycles. The van der Waals surface area contributed by atoms with Crippen LogP contribution in [0.5, 0.6) is 11.5 Å². The van der Waals surface area contributed by atoms with Gasteiger partial charge in [0, 0.05) is 11.1 Å². The van der Waals surface area contributed by atoms with Gasteiger partial charge < -0.3 is 43.5 Å². The predicted molar refractivity (Wildman–Crippen MR) is 173 cm³/mol. The molecule has 0 aliphatic carbocycles. The number of carboxylic acid groups (broad SMARTS) is 1. The maximum Gasteiger partial charge on any atom is 0.453 e. The summed E-state index contributed by atoms with van der Waals surface area (Å²) in [4.78, 5) is 65.6. The quantitative estimate of drug-likeness (QED) is 0.167. The molecule has 1 aliphatic rings. The summed E-state index contributed by atoms with van der Waals surface area (Å²) in [5.41, 5.74) is 0.180. The first kappa shape index (κ1) is 38.9. The zero-order valence-electron chi connectivity index (χ0n) is 28.6. The number of ether oxygens (including phenoxy) is 6. The molecule has 0 saturated heterocycles. The van der Waals surface area contributed by atoms with Crippen LogP contribution in [0.4, 0.5) is 4.79 Å². The van der Waals surface area contributed by atoms with Crippen LogP contribution in [0.1, 0.15) is 72.6 Å². The number of hydrogen-bond donors (Lipinski definition) is 2. The van der Waals surface area contributed by atoms with E-state index in [1.807, 2.05) is 0 Å². The van der Waals surface area contributed by atoms with Crippen LogP contribution in [0.3, 0.4) is 0 Å². The zero-order valence-corrected chi connectivity index (χ0v) is 29.3. The molecule has 268 valence electrons. The predicted octanol–water partition coefficient (Wildman–Crippen LogP) is 4.61. The van der Waals surface area contributed by atoms with Gasteiger partial charge in [-0.3, -0.25) is 0 Å². The van der Waals surface area contributed by atoms with Crippen molar-refractivity contribution in [3.05, 3.63) is 58.6 Å². The van der Waals surface area contributed by atoms with Gasteiger partial charge in [0.05, 0.1) is 24.9 Å². The van der Waals surface area contributed by atoms with Crippen LogP contribution >= 0.6 is 11.6 Å². The smallest absolute Gasteiger partial charge is 0.453 e. The summed E-state index contributed by atoms with van der Waals surface area (Å²) in [7, 11) is 0. The van der Waals surface area contributed by atoms with Gasteiger partial charge in [0.2, 0.25) is 0 Å². The fraction of sp³-hybridized carbons (Fsp3) is 0.500. The van der Waals surface area contributed by atoms with Gasteiger partial charge in [-0.2, -0.15) is 0 Å². The molecule has 0 bridgehead atoms. The van der Waals surface area contributed by atoms with E-state index in [1.165, 1.54) is 44.7 Å². The van der Waals surface area contributed by atoms with Gasteiger partial charge in [0.1, 0.15) is 5.60 Å². The van der Waals surface area contributed by atoms with Crippen molar-refractivity contribution in [3.63, 3.8) is 0 Å². The van der Waals surface area contributed by atoms with Crippen molar-refractivity contribution in [2.45, 2.75) is 104 Å². The zero-order chi connectivity index (χ0) is 36.8. The minimum Gasteiger partial charge on any atom is -0.475 e. The number of rotatable bonds is 13. The van der Waals surface area contributed by atoms with E-state index in [0.717, 1.165) is 0 Å². The molecule has 3 rings (SSSR count). The molecule has 14 nitrogen and oxygen atoms in total. The second kappa shape index (κ2) is 15.8. The Labute approximate surface area is 289 Å². The lowest BCUT2D eigenvalue weighted by atomic mass is 10.0. The largest absolute Gasteiger partial charge is 0.475 e. The molecule has 49 heavy (non-hydrogen) atoms. The molecule has 2 aromatic rings. The summed E-state index contributed by atoms with van der Waals surface area (Å²) in [5, 5.41) is 21.4. The maximum atomic E-state index is 13.3. The Morgan fingerprint density at radius 3 is 2.00 bits per heavy atom. The first-order valence-electron chi connectivity index (χ1n) is 15.5. The number of carboxylic acids is 1. The van der Waals surface area contributed by atoms with Gasteiger partial charge in [0.15, 0.2) is 11.5 Å². The van der Waals surface area contributed by atoms with E-state index in [1.54, 1.807) is 58.0 Å². The summed E-state index contributed by atoms with van der Waals surface area (Å²) in [6.07, 6.45) is -5.30. The molecule has 2 aromatic carbocycles. The van der Waals surface area contributed by atoms with Crippen molar-refractivity contribution in [3.8, 4) is 11.5 Å². The van der Waals surface area contributed by atoms with Crippen molar-refractivity contribution in [1.29, 1.82) is 0 Å². The van der Waals surface area contributed by atoms with E-state index in [2.05, 4.69) is 0 Å². The lowest BCUT2D eigenvalue weighted by Crippen LogP contribution is -2.57. The Morgan fingerprint density at radius 2 is 1.47 bits per heavy atom. The van der Waals surface area contributed by atoms with Crippen LogP contribution in [-0.2, 0) is 44.5 Å². The number of aliphatic hydroxyl groups is 1. The van der Waals surface area contributed by atoms with Gasteiger partial charge >= 0.3 is 35.8 Å². The van der Waals surface area contributed by atoms with E-state index in [9.17, 15) is 34.2 Å². The fourth-order valence-electron chi connectivity index (χ4n) is 4.61. The second-order valence-corrected chi connectivity index (χ2v) is 13.4. The van der Waals surface area contributed by atoms with E-state index < -0.39 is 71.8 Å². The first-order chi connectivity index (χ1) is 22.7. The average Bonchev–Trinajstić information content (AvgIpc) is 3.37. The highest BCUT2D eigenvalue weighted by atomic mass is 35.5. The van der Waals surface area contributed by atoms with E-state index in [-0.39, 0.29) is 24.5 Å². The summed E-state index contributed by atoms with van der Waals surface area (Å²) < 4.78 is 31.6.